The molecule has 0 amide bonds. The van der Waals surface area contributed by atoms with Gasteiger partial charge in [-0.25, -0.2) is 0 Å². The van der Waals surface area contributed by atoms with Gasteiger partial charge < -0.3 is 21.3 Å². The van der Waals surface area contributed by atoms with Crippen LogP contribution in [0.4, 0.5) is 0 Å². The molecule has 30 heavy (non-hydrogen) atoms. The molecule has 190 valence electrons. The summed E-state index contributed by atoms with van der Waals surface area (Å²) in [6, 6.07) is 0. The van der Waals surface area contributed by atoms with Crippen molar-refractivity contribution in [1.82, 2.24) is 21.3 Å². The Kier molecular flexibility index (Phi) is 55.5. The Balaban J connectivity index is -0.000000521. The first-order valence-electron chi connectivity index (χ1n) is 11.7. The van der Waals surface area contributed by atoms with Crippen LogP contribution >= 0.6 is 49.6 Å². The first-order valence-corrected chi connectivity index (χ1v) is 11.7. The topological polar surface area (TPSA) is 48.1 Å². The van der Waals surface area contributed by atoms with Gasteiger partial charge in [-0.15, -0.1) is 49.6 Å². The number of rotatable bonds is 23. The first kappa shape index (κ1) is 41.3. The minimum absolute atomic E-state index is 0. The molecule has 0 aromatic heterocycles. The zero-order chi connectivity index (χ0) is 19.0. The van der Waals surface area contributed by atoms with Crippen LogP contribution in [-0.2, 0) is 0 Å². The Bertz CT molecular complexity index is 229. The highest BCUT2D eigenvalue weighted by molar-refractivity contribution is 5.86. The third-order valence-electron chi connectivity index (χ3n) is 4.79. The Labute approximate surface area is 213 Å². The van der Waals surface area contributed by atoms with E-state index in [1.807, 2.05) is 0 Å². The lowest BCUT2D eigenvalue weighted by atomic mass is 10.2. The molecule has 0 saturated carbocycles. The lowest BCUT2D eigenvalue weighted by Gasteiger charge is -2.08. The molecule has 0 heterocycles. The van der Waals surface area contributed by atoms with Gasteiger partial charge in [-0.1, -0.05) is 52.4 Å². The SMILES string of the molecule is CCCCCCNCCCNCCCCNCCCNCCCCCC.Cl.Cl.Cl.Cl. The summed E-state index contributed by atoms with van der Waals surface area (Å²) < 4.78 is 0. The molecule has 0 aromatic carbocycles. The van der Waals surface area contributed by atoms with Crippen LogP contribution in [-0.4, -0.2) is 52.4 Å². The average molecular weight is 517 g/mol. The molecule has 0 aliphatic carbocycles. The Morgan fingerprint density at radius 1 is 0.300 bits per heavy atom. The van der Waals surface area contributed by atoms with Gasteiger partial charge in [0.15, 0.2) is 0 Å². The second kappa shape index (κ2) is 40.4. The van der Waals surface area contributed by atoms with Gasteiger partial charge >= 0.3 is 0 Å². The van der Waals surface area contributed by atoms with Crippen molar-refractivity contribution in [3.8, 4) is 0 Å². The van der Waals surface area contributed by atoms with E-state index in [1.165, 1.54) is 90.1 Å². The minimum atomic E-state index is 0. The quantitative estimate of drug-likeness (QED) is 0.131. The molecule has 0 bridgehead atoms. The summed E-state index contributed by atoms with van der Waals surface area (Å²) in [5, 5.41) is 14.2. The van der Waals surface area contributed by atoms with Crippen molar-refractivity contribution in [3.05, 3.63) is 0 Å². The molecule has 0 aliphatic rings. The van der Waals surface area contributed by atoms with Crippen molar-refractivity contribution in [2.75, 3.05) is 52.4 Å². The zero-order valence-electron chi connectivity index (χ0n) is 19.8. The van der Waals surface area contributed by atoms with E-state index in [9.17, 15) is 0 Å². The number of hydrogen-bond donors (Lipinski definition) is 4. The zero-order valence-corrected chi connectivity index (χ0v) is 23.0. The monoisotopic (exact) mass is 514 g/mol. The summed E-state index contributed by atoms with van der Waals surface area (Å²) in [5.41, 5.74) is 0. The van der Waals surface area contributed by atoms with Crippen LogP contribution in [0.25, 0.3) is 0 Å². The molecule has 0 aromatic rings. The van der Waals surface area contributed by atoms with Gasteiger partial charge in [0.25, 0.3) is 0 Å². The fourth-order valence-corrected chi connectivity index (χ4v) is 3.03. The second-order valence-electron chi connectivity index (χ2n) is 7.54. The maximum absolute atomic E-state index is 3.56. The van der Waals surface area contributed by atoms with E-state index in [2.05, 4.69) is 35.1 Å². The summed E-state index contributed by atoms with van der Waals surface area (Å²) in [7, 11) is 0. The van der Waals surface area contributed by atoms with Gasteiger partial charge in [0.1, 0.15) is 0 Å². The predicted octanol–water partition coefficient (Wildman–Crippen LogP) is 5.75. The van der Waals surface area contributed by atoms with E-state index in [4.69, 9.17) is 0 Å². The highest BCUT2D eigenvalue weighted by atomic mass is 35.5. The lowest BCUT2D eigenvalue weighted by Crippen LogP contribution is -2.25. The van der Waals surface area contributed by atoms with Gasteiger partial charge in [-0.2, -0.15) is 0 Å². The molecule has 0 rings (SSSR count). The smallest absolute Gasteiger partial charge is 0.00368 e. The maximum atomic E-state index is 3.56. The number of halogens is 4. The van der Waals surface area contributed by atoms with Crippen molar-refractivity contribution in [1.29, 1.82) is 0 Å². The highest BCUT2D eigenvalue weighted by Gasteiger charge is 1.93. The van der Waals surface area contributed by atoms with Gasteiger partial charge in [-0.3, -0.25) is 0 Å². The van der Waals surface area contributed by atoms with Crippen LogP contribution in [0.3, 0.4) is 0 Å². The van der Waals surface area contributed by atoms with Crippen molar-refractivity contribution in [2.45, 2.75) is 90.9 Å². The van der Waals surface area contributed by atoms with Crippen LogP contribution in [0.2, 0.25) is 0 Å². The predicted molar refractivity (Wildman–Crippen MR) is 147 cm³/mol. The first-order chi connectivity index (χ1) is 12.9. The molecule has 0 spiro atoms. The van der Waals surface area contributed by atoms with Crippen LogP contribution < -0.4 is 21.3 Å². The third-order valence-corrected chi connectivity index (χ3v) is 4.79. The van der Waals surface area contributed by atoms with Gasteiger partial charge in [0.05, 0.1) is 0 Å². The molecule has 0 unspecified atom stereocenters. The van der Waals surface area contributed by atoms with E-state index in [0.29, 0.717) is 0 Å². The molecule has 0 radical (unpaired) electrons. The molecule has 4 nitrogen and oxygen atoms in total. The van der Waals surface area contributed by atoms with Crippen LogP contribution in [0, 0.1) is 0 Å². The van der Waals surface area contributed by atoms with E-state index in [1.54, 1.807) is 0 Å². The molecular formula is C22H54Cl4N4. The summed E-state index contributed by atoms with van der Waals surface area (Å²) in [5.74, 6) is 0. The van der Waals surface area contributed by atoms with Crippen molar-refractivity contribution in [2.24, 2.45) is 0 Å². The Morgan fingerprint density at radius 3 is 0.800 bits per heavy atom. The summed E-state index contributed by atoms with van der Waals surface area (Å²) in [4.78, 5) is 0. The number of unbranched alkanes of at least 4 members (excludes halogenated alkanes) is 7. The van der Waals surface area contributed by atoms with Gasteiger partial charge in [0, 0.05) is 0 Å². The van der Waals surface area contributed by atoms with Gasteiger partial charge in [-0.05, 0) is 90.9 Å². The van der Waals surface area contributed by atoms with Crippen LogP contribution in [0.1, 0.15) is 90.9 Å². The van der Waals surface area contributed by atoms with Crippen LogP contribution in [0.15, 0.2) is 0 Å². The largest absolute Gasteiger partial charge is 0.317 e. The molecule has 8 heteroatoms. The van der Waals surface area contributed by atoms with Gasteiger partial charge in [0.2, 0.25) is 0 Å². The second-order valence-corrected chi connectivity index (χ2v) is 7.54. The number of hydrogen-bond acceptors (Lipinski definition) is 4. The fraction of sp³-hybridized carbons (Fsp3) is 1.00. The Morgan fingerprint density at radius 2 is 0.533 bits per heavy atom. The fourth-order valence-electron chi connectivity index (χ4n) is 3.03. The third kappa shape index (κ3) is 39.5. The van der Waals surface area contributed by atoms with E-state index < -0.39 is 0 Å². The summed E-state index contributed by atoms with van der Waals surface area (Å²) in [6.07, 6.45) is 15.9. The standard InChI is InChI=1S/C22H50N4.4ClH/c1-3-5-7-9-15-23-19-13-21-25-17-11-12-18-26-22-14-20-24-16-10-8-6-4-2;;;;/h23-26H,3-22H2,1-2H3;4*1H. The molecule has 0 atom stereocenters. The van der Waals surface area contributed by atoms with Crippen LogP contribution in [0.5, 0.6) is 0 Å². The average Bonchev–Trinajstić information content (AvgIpc) is 2.66. The normalized spacial score (nSPS) is 9.80. The molecular weight excluding hydrogens is 462 g/mol. The Hall–Kier alpha value is 1.00. The molecule has 0 aliphatic heterocycles. The van der Waals surface area contributed by atoms with Crippen molar-refractivity contribution >= 4 is 49.6 Å². The van der Waals surface area contributed by atoms with Crippen molar-refractivity contribution < 1.29 is 0 Å². The molecule has 4 N–H and O–H groups in total. The lowest BCUT2D eigenvalue weighted by molar-refractivity contribution is 0.537. The van der Waals surface area contributed by atoms with Crippen molar-refractivity contribution in [3.63, 3.8) is 0 Å². The molecule has 0 fully saturated rings. The molecule has 0 saturated heterocycles. The van der Waals surface area contributed by atoms with E-state index in [-0.39, 0.29) is 49.6 Å². The maximum Gasteiger partial charge on any atom is -0.00368 e. The van der Waals surface area contributed by atoms with E-state index >= 15 is 0 Å². The highest BCUT2D eigenvalue weighted by Crippen LogP contribution is 1.97. The minimum Gasteiger partial charge on any atom is -0.317 e. The number of nitrogens with one attached hydrogen (secondary N) is 4. The summed E-state index contributed by atoms with van der Waals surface area (Å²) >= 11 is 0. The van der Waals surface area contributed by atoms with E-state index in [0.717, 1.165) is 39.3 Å². The summed E-state index contributed by atoms with van der Waals surface area (Å²) in [6.45, 7) is 13.9.